The molecule has 30 heavy (non-hydrogen) atoms. The number of ketones is 1. The number of halogens is 3. The quantitative estimate of drug-likeness (QED) is 0.522. The smallest absolute Gasteiger partial charge is 0.417 e. The molecule has 0 N–H and O–H groups in total. The molecule has 0 saturated carbocycles. The van der Waals surface area contributed by atoms with Crippen molar-refractivity contribution in [2.45, 2.75) is 19.0 Å². The van der Waals surface area contributed by atoms with E-state index in [-0.39, 0.29) is 18.3 Å². The number of alkyl halides is 3. The monoisotopic (exact) mass is 422 g/mol. The topological polar surface area (TPSA) is 68.7 Å². The number of aromatic nitrogens is 1. The number of carbonyl (C=O) groups is 2. The predicted octanol–water partition coefficient (Wildman–Crippen LogP) is 3.75. The summed E-state index contributed by atoms with van der Waals surface area (Å²) in [4.78, 5) is 30.3. The third-order valence-corrected chi connectivity index (χ3v) is 4.98. The van der Waals surface area contributed by atoms with Gasteiger partial charge in [-0.05, 0) is 37.1 Å². The highest BCUT2D eigenvalue weighted by atomic mass is 19.4. The van der Waals surface area contributed by atoms with Gasteiger partial charge in [-0.2, -0.15) is 13.2 Å². The van der Waals surface area contributed by atoms with Gasteiger partial charge in [-0.1, -0.05) is 12.1 Å². The number of carbonyl (C=O) groups excluding carboxylic acids is 2. The summed E-state index contributed by atoms with van der Waals surface area (Å²) in [5, 5.41) is 0. The first-order valence-electron chi connectivity index (χ1n) is 9.40. The zero-order chi connectivity index (χ0) is 21.7. The number of pyridine rings is 1. The summed E-state index contributed by atoms with van der Waals surface area (Å²) in [6, 6.07) is 9.01. The van der Waals surface area contributed by atoms with E-state index in [9.17, 15) is 22.8 Å². The van der Waals surface area contributed by atoms with Gasteiger partial charge < -0.3 is 14.4 Å². The minimum atomic E-state index is -4.43. The van der Waals surface area contributed by atoms with Crippen LogP contribution in [-0.2, 0) is 15.7 Å². The van der Waals surface area contributed by atoms with E-state index in [1.165, 1.54) is 13.2 Å². The molecule has 1 saturated heterocycles. The fourth-order valence-electron chi connectivity index (χ4n) is 3.29. The molecule has 0 radical (unpaired) electrons. The predicted molar refractivity (Wildman–Crippen MR) is 102 cm³/mol. The van der Waals surface area contributed by atoms with Crippen molar-refractivity contribution in [3.63, 3.8) is 0 Å². The van der Waals surface area contributed by atoms with Crippen molar-refractivity contribution in [2.75, 3.05) is 31.7 Å². The van der Waals surface area contributed by atoms with Crippen LogP contribution in [0, 0.1) is 5.92 Å². The highest BCUT2D eigenvalue weighted by molar-refractivity contribution is 6.00. The van der Waals surface area contributed by atoms with Crippen molar-refractivity contribution < 1.29 is 32.2 Å². The number of nitrogens with zero attached hydrogens (tertiary/aromatic N) is 2. The standard InChI is InChI=1S/C21H21F3N2O4/c1-29-18-5-3-2-4-16(18)17(27)13-30-20(28)14-8-10-26(11-9-14)19-7-6-15(12-25-19)21(22,23)24/h2-7,12,14H,8-11,13H2,1H3. The van der Waals surface area contributed by atoms with Crippen LogP contribution in [0.5, 0.6) is 5.75 Å². The summed E-state index contributed by atoms with van der Waals surface area (Å²) in [6.07, 6.45) is -2.70. The van der Waals surface area contributed by atoms with Crippen LogP contribution >= 0.6 is 0 Å². The number of ether oxygens (including phenoxy) is 2. The second-order valence-corrected chi connectivity index (χ2v) is 6.90. The molecule has 0 bridgehead atoms. The van der Waals surface area contributed by atoms with Gasteiger partial charge in [0.2, 0.25) is 5.78 Å². The Balaban J connectivity index is 1.50. The van der Waals surface area contributed by atoms with Gasteiger partial charge in [-0.25, -0.2) is 4.98 Å². The molecule has 1 aromatic carbocycles. The van der Waals surface area contributed by atoms with Crippen LogP contribution in [0.1, 0.15) is 28.8 Å². The van der Waals surface area contributed by atoms with Gasteiger partial charge in [-0.15, -0.1) is 0 Å². The zero-order valence-electron chi connectivity index (χ0n) is 16.3. The highest BCUT2D eigenvalue weighted by Crippen LogP contribution is 2.30. The van der Waals surface area contributed by atoms with E-state index < -0.39 is 17.7 Å². The molecule has 0 aliphatic carbocycles. The lowest BCUT2D eigenvalue weighted by Crippen LogP contribution is -2.37. The van der Waals surface area contributed by atoms with E-state index in [0.717, 1.165) is 12.3 Å². The highest BCUT2D eigenvalue weighted by Gasteiger charge is 2.32. The molecular weight excluding hydrogens is 401 g/mol. The Morgan fingerprint density at radius 1 is 1.13 bits per heavy atom. The fourth-order valence-corrected chi connectivity index (χ4v) is 3.29. The molecule has 2 aromatic rings. The van der Waals surface area contributed by atoms with E-state index in [0.29, 0.717) is 43.1 Å². The zero-order valence-corrected chi connectivity index (χ0v) is 16.3. The minimum absolute atomic E-state index is 0.344. The third kappa shape index (κ3) is 5.08. The molecule has 2 heterocycles. The first kappa shape index (κ1) is 21.6. The molecule has 0 atom stereocenters. The van der Waals surface area contributed by atoms with Gasteiger partial charge in [0.15, 0.2) is 6.61 Å². The van der Waals surface area contributed by atoms with Gasteiger partial charge >= 0.3 is 12.1 Å². The Morgan fingerprint density at radius 3 is 2.43 bits per heavy atom. The van der Waals surface area contributed by atoms with Crippen LogP contribution in [0.25, 0.3) is 0 Å². The number of hydrogen-bond donors (Lipinski definition) is 0. The molecular formula is C21H21F3N2O4. The maximum Gasteiger partial charge on any atom is 0.417 e. The number of Topliss-reactive ketones (excluding diaryl/α,β-unsaturated/α-hetero) is 1. The fraction of sp³-hybridized carbons (Fsp3) is 0.381. The lowest BCUT2D eigenvalue weighted by molar-refractivity contribution is -0.148. The van der Waals surface area contributed by atoms with Gasteiger partial charge in [0.25, 0.3) is 0 Å². The average Bonchev–Trinajstić information content (AvgIpc) is 2.76. The van der Waals surface area contributed by atoms with Crippen molar-refractivity contribution in [3.05, 3.63) is 53.7 Å². The van der Waals surface area contributed by atoms with Crippen LogP contribution in [0.2, 0.25) is 0 Å². The first-order chi connectivity index (χ1) is 14.3. The Bertz CT molecular complexity index is 892. The number of rotatable bonds is 6. The van der Waals surface area contributed by atoms with Gasteiger partial charge in [0.1, 0.15) is 11.6 Å². The molecule has 9 heteroatoms. The van der Waals surface area contributed by atoms with Crippen LogP contribution in [0.3, 0.4) is 0 Å². The third-order valence-electron chi connectivity index (χ3n) is 4.98. The molecule has 0 amide bonds. The van der Waals surface area contributed by atoms with Gasteiger partial charge in [0.05, 0.1) is 24.2 Å². The number of benzene rings is 1. The van der Waals surface area contributed by atoms with E-state index in [4.69, 9.17) is 9.47 Å². The minimum Gasteiger partial charge on any atom is -0.496 e. The summed E-state index contributed by atoms with van der Waals surface area (Å²) < 4.78 is 48.3. The number of anilines is 1. The van der Waals surface area contributed by atoms with E-state index in [1.807, 2.05) is 4.90 Å². The molecule has 1 fully saturated rings. The number of piperidine rings is 1. The number of para-hydroxylation sites is 1. The molecule has 1 aromatic heterocycles. The van der Waals surface area contributed by atoms with Crippen molar-refractivity contribution in [2.24, 2.45) is 5.92 Å². The molecule has 1 aliphatic heterocycles. The molecule has 0 unspecified atom stereocenters. The maximum atomic E-state index is 12.6. The molecule has 0 spiro atoms. The molecule has 6 nitrogen and oxygen atoms in total. The van der Waals surface area contributed by atoms with Crippen molar-refractivity contribution in [3.8, 4) is 5.75 Å². The summed E-state index contributed by atoms with van der Waals surface area (Å²) in [7, 11) is 1.46. The van der Waals surface area contributed by atoms with Crippen LogP contribution in [0.15, 0.2) is 42.6 Å². The van der Waals surface area contributed by atoms with Crippen LogP contribution in [0.4, 0.5) is 19.0 Å². The molecule has 3 rings (SSSR count). The van der Waals surface area contributed by atoms with E-state index in [1.54, 1.807) is 24.3 Å². The Labute approximate surface area is 171 Å². The van der Waals surface area contributed by atoms with E-state index >= 15 is 0 Å². The lowest BCUT2D eigenvalue weighted by atomic mass is 9.97. The van der Waals surface area contributed by atoms with Crippen LogP contribution < -0.4 is 9.64 Å². The Hall–Kier alpha value is -3.10. The second-order valence-electron chi connectivity index (χ2n) is 6.90. The first-order valence-corrected chi connectivity index (χ1v) is 9.40. The van der Waals surface area contributed by atoms with Crippen molar-refractivity contribution in [1.82, 2.24) is 4.98 Å². The number of hydrogen-bond acceptors (Lipinski definition) is 6. The lowest BCUT2D eigenvalue weighted by Gasteiger charge is -2.31. The summed E-state index contributed by atoms with van der Waals surface area (Å²) >= 11 is 0. The Morgan fingerprint density at radius 2 is 1.83 bits per heavy atom. The summed E-state index contributed by atoms with van der Waals surface area (Å²) in [5.41, 5.74) is -0.458. The van der Waals surface area contributed by atoms with Gasteiger partial charge in [-0.3, -0.25) is 9.59 Å². The van der Waals surface area contributed by atoms with Crippen molar-refractivity contribution >= 4 is 17.6 Å². The number of esters is 1. The van der Waals surface area contributed by atoms with E-state index in [2.05, 4.69) is 4.98 Å². The van der Waals surface area contributed by atoms with Crippen molar-refractivity contribution in [1.29, 1.82) is 0 Å². The SMILES string of the molecule is COc1ccccc1C(=O)COC(=O)C1CCN(c2ccc(C(F)(F)F)cn2)CC1. The average molecular weight is 422 g/mol. The second kappa shape index (κ2) is 9.15. The van der Waals surface area contributed by atoms with Gasteiger partial charge in [0, 0.05) is 19.3 Å². The molecule has 1 aliphatic rings. The maximum absolute atomic E-state index is 12.6. The Kier molecular flexibility index (Phi) is 6.59. The summed E-state index contributed by atoms with van der Waals surface area (Å²) in [5.74, 6) is -0.344. The largest absolute Gasteiger partial charge is 0.496 e. The van der Waals surface area contributed by atoms with Crippen LogP contribution in [-0.4, -0.2) is 43.5 Å². The number of methoxy groups -OCH3 is 1. The molecule has 160 valence electrons. The summed E-state index contributed by atoms with van der Waals surface area (Å²) in [6.45, 7) is 0.539. The normalized spacial score (nSPS) is 15.0.